The molecule has 2 aliphatic rings. The molecule has 0 bridgehead atoms. The van der Waals surface area contributed by atoms with E-state index in [1.54, 1.807) is 18.5 Å². The van der Waals surface area contributed by atoms with Gasteiger partial charge in [-0.15, -0.1) is 0 Å². The van der Waals surface area contributed by atoms with Crippen LogP contribution in [0.2, 0.25) is 0 Å². The summed E-state index contributed by atoms with van der Waals surface area (Å²) in [4.78, 5) is 27.4. The van der Waals surface area contributed by atoms with Crippen LogP contribution in [-0.4, -0.2) is 66.0 Å². The second-order valence-electron chi connectivity index (χ2n) is 7.05. The number of carboxylic acid groups (broad SMARTS) is 1. The number of ether oxygens (including phenoxy) is 2. The van der Waals surface area contributed by atoms with E-state index in [1.165, 1.54) is 12.5 Å². The van der Waals surface area contributed by atoms with Crippen LogP contribution in [0.25, 0.3) is 0 Å². The molecule has 11 heteroatoms. The van der Waals surface area contributed by atoms with Crippen molar-refractivity contribution in [3.63, 3.8) is 0 Å². The number of hydrogen-bond acceptors (Lipinski definition) is 6. The first-order valence-corrected chi connectivity index (χ1v) is 8.93. The number of carbonyl (C=O) groups excluding carboxylic acids is 1. The second-order valence-corrected chi connectivity index (χ2v) is 7.05. The predicted molar refractivity (Wildman–Crippen MR) is 94.8 cm³/mol. The minimum absolute atomic E-state index is 0.00824. The van der Waals surface area contributed by atoms with Crippen molar-refractivity contribution in [1.29, 1.82) is 0 Å². The van der Waals surface area contributed by atoms with Gasteiger partial charge in [-0.2, -0.15) is 13.2 Å². The maximum Gasteiger partial charge on any atom is 0.490 e. The molecule has 2 aliphatic heterocycles. The lowest BCUT2D eigenvalue weighted by Crippen LogP contribution is -2.38. The van der Waals surface area contributed by atoms with Crippen molar-refractivity contribution in [3.05, 3.63) is 48.7 Å². The maximum absolute atomic E-state index is 12.5. The fourth-order valence-electron chi connectivity index (χ4n) is 3.42. The summed E-state index contributed by atoms with van der Waals surface area (Å²) < 4.78 is 48.3. The fraction of sp³-hybridized carbons (Fsp3) is 0.421. The molecule has 2 saturated heterocycles. The van der Waals surface area contributed by atoms with E-state index in [9.17, 15) is 18.0 Å². The number of carbonyl (C=O) groups is 2. The molecular weight excluding hydrogens is 409 g/mol. The quantitative estimate of drug-likeness (QED) is 0.798. The summed E-state index contributed by atoms with van der Waals surface area (Å²) in [6, 6.07) is 5.43. The predicted octanol–water partition coefficient (Wildman–Crippen LogP) is 2.48. The van der Waals surface area contributed by atoms with Crippen LogP contribution in [-0.2, 0) is 9.53 Å². The number of nitrogens with zero attached hydrogens (tertiary/aromatic N) is 2. The Labute approximate surface area is 169 Å². The summed E-state index contributed by atoms with van der Waals surface area (Å²) in [6.07, 6.45) is 1.35. The number of alkyl halides is 3. The zero-order chi connectivity index (χ0) is 21.8. The van der Waals surface area contributed by atoms with Gasteiger partial charge in [-0.25, -0.2) is 4.79 Å². The Morgan fingerprint density at radius 3 is 2.73 bits per heavy atom. The van der Waals surface area contributed by atoms with Crippen LogP contribution in [0.15, 0.2) is 47.5 Å². The lowest BCUT2D eigenvalue weighted by Gasteiger charge is -2.26. The van der Waals surface area contributed by atoms with E-state index in [1.807, 2.05) is 17.0 Å². The molecule has 0 spiro atoms. The minimum Gasteiger partial charge on any atom is -0.491 e. The van der Waals surface area contributed by atoms with Crippen molar-refractivity contribution in [1.82, 2.24) is 9.88 Å². The lowest BCUT2D eigenvalue weighted by atomic mass is 9.82. The molecule has 8 nitrogen and oxygen atoms in total. The number of rotatable bonds is 4. The third-order valence-corrected chi connectivity index (χ3v) is 4.98. The van der Waals surface area contributed by atoms with Crippen molar-refractivity contribution in [3.8, 4) is 5.75 Å². The first kappa shape index (κ1) is 21.6. The van der Waals surface area contributed by atoms with Crippen LogP contribution >= 0.6 is 0 Å². The summed E-state index contributed by atoms with van der Waals surface area (Å²) in [5.41, 5.74) is 0.448. The Balaban J connectivity index is 0.000000318. The molecule has 162 valence electrons. The monoisotopic (exact) mass is 428 g/mol. The Hall–Kier alpha value is -3.08. The van der Waals surface area contributed by atoms with Gasteiger partial charge in [-0.1, -0.05) is 0 Å². The molecule has 2 fully saturated rings. The van der Waals surface area contributed by atoms with Crippen LogP contribution in [0, 0.1) is 11.3 Å². The molecule has 1 amide bonds. The van der Waals surface area contributed by atoms with E-state index < -0.39 is 12.1 Å². The number of carboxylic acids is 1. The van der Waals surface area contributed by atoms with Crippen LogP contribution < -0.4 is 4.74 Å². The number of likely N-dealkylation sites (tertiary alicyclic amines) is 1. The van der Waals surface area contributed by atoms with Crippen LogP contribution in [0.4, 0.5) is 13.2 Å². The molecule has 4 rings (SSSR count). The van der Waals surface area contributed by atoms with Gasteiger partial charge in [0, 0.05) is 25.2 Å². The Bertz CT molecular complexity index is 859. The number of aliphatic carboxylic acids is 1. The van der Waals surface area contributed by atoms with E-state index in [-0.39, 0.29) is 11.3 Å². The topological polar surface area (TPSA) is 102 Å². The van der Waals surface area contributed by atoms with Crippen molar-refractivity contribution >= 4 is 11.9 Å². The summed E-state index contributed by atoms with van der Waals surface area (Å²) in [7, 11) is 0. The lowest BCUT2D eigenvalue weighted by molar-refractivity contribution is -0.192. The molecule has 2 aromatic rings. The number of pyridine rings is 1. The van der Waals surface area contributed by atoms with Gasteiger partial charge in [0.2, 0.25) is 0 Å². The molecule has 0 saturated carbocycles. The van der Waals surface area contributed by atoms with Crippen molar-refractivity contribution in [2.75, 3.05) is 32.9 Å². The smallest absolute Gasteiger partial charge is 0.490 e. The van der Waals surface area contributed by atoms with Crippen molar-refractivity contribution < 1.29 is 41.8 Å². The van der Waals surface area contributed by atoms with E-state index >= 15 is 0 Å². The third kappa shape index (κ3) is 4.90. The second kappa shape index (κ2) is 8.74. The van der Waals surface area contributed by atoms with E-state index in [4.69, 9.17) is 23.8 Å². The molecule has 1 N–H and O–H groups in total. The normalized spacial score (nSPS) is 22.8. The van der Waals surface area contributed by atoms with Crippen LogP contribution in [0.1, 0.15) is 10.4 Å². The standard InChI is InChI=1S/C17H18N2O4.C2HF3O2/c20-16(13-3-5-21-8-13)19-7-14-9-22-11-17(14,10-19)12-23-15-2-1-4-18-6-15;3-2(4,5)1(6)7/h1-6,8,14H,7,9-12H2;(H,6,7)/t14-,17+;/m1./s1. The summed E-state index contributed by atoms with van der Waals surface area (Å²) in [6.45, 7) is 3.15. The van der Waals surface area contributed by atoms with Gasteiger partial charge < -0.3 is 23.9 Å². The minimum atomic E-state index is -5.08. The van der Waals surface area contributed by atoms with Gasteiger partial charge in [0.1, 0.15) is 12.0 Å². The van der Waals surface area contributed by atoms with E-state index in [2.05, 4.69) is 4.98 Å². The molecular formula is C19H19F3N2O6. The SMILES string of the molecule is O=C(O)C(F)(F)F.O=C(c1ccoc1)N1C[C@@H]2COC[C@]2(COc2cccnc2)C1. The van der Waals surface area contributed by atoms with Crippen molar-refractivity contribution in [2.24, 2.45) is 11.3 Å². The van der Waals surface area contributed by atoms with Gasteiger partial charge in [-0.05, 0) is 18.2 Å². The number of aromatic nitrogens is 1. The molecule has 0 aliphatic carbocycles. The highest BCUT2D eigenvalue weighted by Gasteiger charge is 2.52. The number of halogens is 3. The highest BCUT2D eigenvalue weighted by Crippen LogP contribution is 2.42. The van der Waals surface area contributed by atoms with Gasteiger partial charge in [0.25, 0.3) is 5.91 Å². The highest BCUT2D eigenvalue weighted by atomic mass is 19.4. The molecule has 2 aromatic heterocycles. The van der Waals surface area contributed by atoms with Gasteiger partial charge in [0.05, 0.1) is 43.3 Å². The number of amides is 1. The largest absolute Gasteiger partial charge is 0.491 e. The highest BCUT2D eigenvalue weighted by molar-refractivity contribution is 5.94. The van der Waals surface area contributed by atoms with E-state index in [0.29, 0.717) is 44.4 Å². The zero-order valence-corrected chi connectivity index (χ0v) is 15.7. The third-order valence-electron chi connectivity index (χ3n) is 4.98. The van der Waals surface area contributed by atoms with Crippen LogP contribution in [0.3, 0.4) is 0 Å². The summed E-state index contributed by atoms with van der Waals surface area (Å²) in [5, 5.41) is 7.12. The maximum atomic E-state index is 12.5. The summed E-state index contributed by atoms with van der Waals surface area (Å²) >= 11 is 0. The van der Waals surface area contributed by atoms with Gasteiger partial charge in [0.15, 0.2) is 0 Å². The Morgan fingerprint density at radius 1 is 1.37 bits per heavy atom. The molecule has 4 heterocycles. The first-order chi connectivity index (χ1) is 14.2. The molecule has 0 radical (unpaired) electrons. The molecule has 2 atom stereocenters. The fourth-order valence-corrected chi connectivity index (χ4v) is 3.42. The average Bonchev–Trinajstić information content (AvgIpc) is 3.42. The Kier molecular flexibility index (Phi) is 6.30. The number of hydrogen-bond donors (Lipinski definition) is 1. The van der Waals surface area contributed by atoms with Crippen LogP contribution in [0.5, 0.6) is 5.75 Å². The van der Waals surface area contributed by atoms with Gasteiger partial charge >= 0.3 is 12.1 Å². The van der Waals surface area contributed by atoms with Crippen molar-refractivity contribution in [2.45, 2.75) is 6.18 Å². The molecule has 0 unspecified atom stereocenters. The molecule has 30 heavy (non-hydrogen) atoms. The van der Waals surface area contributed by atoms with E-state index in [0.717, 1.165) is 5.75 Å². The number of fused-ring (bicyclic) bond motifs is 1. The zero-order valence-electron chi connectivity index (χ0n) is 15.7. The van der Waals surface area contributed by atoms with Gasteiger partial charge in [-0.3, -0.25) is 9.78 Å². The average molecular weight is 428 g/mol. The number of furan rings is 1. The summed E-state index contributed by atoms with van der Waals surface area (Å²) in [5.74, 6) is -1.71. The Morgan fingerprint density at radius 2 is 2.13 bits per heavy atom. The first-order valence-electron chi connectivity index (χ1n) is 8.93. The molecule has 0 aromatic carbocycles.